The van der Waals surface area contributed by atoms with Gasteiger partial charge in [-0.3, -0.25) is 0 Å². The van der Waals surface area contributed by atoms with E-state index < -0.39 is 0 Å². The summed E-state index contributed by atoms with van der Waals surface area (Å²) in [5.41, 5.74) is 3.24. The first-order valence-electron chi connectivity index (χ1n) is 6.97. The summed E-state index contributed by atoms with van der Waals surface area (Å²) in [5.74, 6) is 0.638. The van der Waals surface area contributed by atoms with E-state index in [4.69, 9.17) is 28.6 Å². The molecule has 0 amide bonds. The van der Waals surface area contributed by atoms with Gasteiger partial charge in [-0.15, -0.1) is 0 Å². The largest absolute Gasteiger partial charge is 0.495 e. The van der Waals surface area contributed by atoms with Gasteiger partial charge in [-0.1, -0.05) is 41.4 Å². The molecular weight excluding hydrogens is 316 g/mol. The number of nitrogens with one attached hydrogen (secondary N) is 2. The van der Waals surface area contributed by atoms with Crippen molar-refractivity contribution in [3.8, 4) is 5.75 Å². The van der Waals surface area contributed by atoms with Gasteiger partial charge in [0.1, 0.15) is 5.75 Å². The summed E-state index contributed by atoms with van der Waals surface area (Å²) >= 11 is 11.4. The zero-order chi connectivity index (χ0) is 16.1. The predicted octanol–water partition coefficient (Wildman–Crippen LogP) is 4.70. The molecule has 2 N–H and O–H groups in total. The van der Waals surface area contributed by atoms with E-state index in [0.29, 0.717) is 15.9 Å². The van der Waals surface area contributed by atoms with Crippen LogP contribution in [0, 0.1) is 6.92 Å². The Bertz CT molecular complexity index is 658. The number of rotatable bonds is 4. The van der Waals surface area contributed by atoms with Crippen LogP contribution in [0.2, 0.25) is 5.02 Å². The first-order valence-corrected chi connectivity index (χ1v) is 7.76. The second kappa shape index (κ2) is 7.47. The van der Waals surface area contributed by atoms with E-state index in [-0.39, 0.29) is 6.04 Å². The fourth-order valence-corrected chi connectivity index (χ4v) is 2.60. The number of thiocarbonyl (C=S) groups is 1. The first-order chi connectivity index (χ1) is 10.5. The minimum Gasteiger partial charge on any atom is -0.495 e. The Morgan fingerprint density at radius 1 is 1.18 bits per heavy atom. The molecule has 0 heterocycles. The van der Waals surface area contributed by atoms with Crippen LogP contribution in [0.3, 0.4) is 0 Å². The molecule has 2 aromatic carbocycles. The molecule has 0 bridgehead atoms. The van der Waals surface area contributed by atoms with Crippen molar-refractivity contribution in [2.24, 2.45) is 0 Å². The smallest absolute Gasteiger partial charge is 0.171 e. The van der Waals surface area contributed by atoms with Crippen molar-refractivity contribution in [3.63, 3.8) is 0 Å². The molecule has 116 valence electrons. The van der Waals surface area contributed by atoms with Crippen molar-refractivity contribution >= 4 is 34.6 Å². The summed E-state index contributed by atoms with van der Waals surface area (Å²) in [4.78, 5) is 0. The molecule has 2 aromatic rings. The van der Waals surface area contributed by atoms with E-state index in [1.807, 2.05) is 6.07 Å². The molecule has 0 fully saturated rings. The van der Waals surface area contributed by atoms with Crippen LogP contribution in [0.25, 0.3) is 0 Å². The third-order valence-corrected chi connectivity index (χ3v) is 3.85. The number of benzene rings is 2. The van der Waals surface area contributed by atoms with Crippen molar-refractivity contribution < 1.29 is 4.74 Å². The van der Waals surface area contributed by atoms with Gasteiger partial charge >= 0.3 is 0 Å². The predicted molar refractivity (Wildman–Crippen MR) is 97.0 cm³/mol. The fraction of sp³-hybridized carbons (Fsp3) is 0.235. The monoisotopic (exact) mass is 334 g/mol. The maximum Gasteiger partial charge on any atom is 0.171 e. The van der Waals surface area contributed by atoms with Crippen LogP contribution in [0.15, 0.2) is 42.5 Å². The van der Waals surface area contributed by atoms with Crippen LogP contribution in [0.5, 0.6) is 5.75 Å². The van der Waals surface area contributed by atoms with Gasteiger partial charge in [0.2, 0.25) is 0 Å². The summed E-state index contributed by atoms with van der Waals surface area (Å²) in [6, 6.07) is 14.0. The van der Waals surface area contributed by atoms with Gasteiger partial charge in [0.15, 0.2) is 5.11 Å². The van der Waals surface area contributed by atoms with Crippen LogP contribution in [0.4, 0.5) is 5.69 Å². The molecule has 0 spiro atoms. The van der Waals surface area contributed by atoms with E-state index in [1.54, 1.807) is 19.2 Å². The SMILES string of the molecule is COc1ccc(NC(=S)N[C@@H](C)c2ccc(C)cc2)cc1Cl. The van der Waals surface area contributed by atoms with Gasteiger partial charge in [0, 0.05) is 5.69 Å². The number of aryl methyl sites for hydroxylation is 1. The number of methoxy groups -OCH3 is 1. The van der Waals surface area contributed by atoms with Gasteiger partial charge in [0.25, 0.3) is 0 Å². The Labute approximate surface area is 141 Å². The molecule has 0 aromatic heterocycles. The number of hydrogen-bond acceptors (Lipinski definition) is 2. The lowest BCUT2D eigenvalue weighted by Crippen LogP contribution is -2.30. The van der Waals surface area contributed by atoms with Crippen LogP contribution in [-0.2, 0) is 0 Å². The number of halogens is 1. The number of anilines is 1. The van der Waals surface area contributed by atoms with Crippen LogP contribution in [0.1, 0.15) is 24.1 Å². The maximum atomic E-state index is 6.10. The highest BCUT2D eigenvalue weighted by Crippen LogP contribution is 2.27. The Morgan fingerprint density at radius 3 is 2.45 bits per heavy atom. The van der Waals surface area contributed by atoms with Crippen molar-refractivity contribution in [1.29, 1.82) is 0 Å². The standard InChI is InChI=1S/C17H19ClN2OS/c1-11-4-6-13(7-5-11)12(2)19-17(22)20-14-8-9-16(21-3)15(18)10-14/h4-10,12H,1-3H3,(H2,19,20,22)/t12-/m0/s1. The molecule has 0 unspecified atom stereocenters. The molecule has 0 saturated carbocycles. The molecule has 5 heteroatoms. The average Bonchev–Trinajstić information content (AvgIpc) is 2.48. The Morgan fingerprint density at radius 2 is 1.86 bits per heavy atom. The van der Waals surface area contributed by atoms with E-state index in [0.717, 1.165) is 5.69 Å². The van der Waals surface area contributed by atoms with Crippen molar-refractivity contribution in [2.75, 3.05) is 12.4 Å². The molecule has 0 saturated heterocycles. The molecule has 22 heavy (non-hydrogen) atoms. The highest BCUT2D eigenvalue weighted by molar-refractivity contribution is 7.80. The van der Waals surface area contributed by atoms with E-state index in [1.165, 1.54) is 11.1 Å². The third-order valence-electron chi connectivity index (χ3n) is 3.33. The molecule has 3 nitrogen and oxygen atoms in total. The lowest BCUT2D eigenvalue weighted by Gasteiger charge is -2.18. The van der Waals surface area contributed by atoms with E-state index in [2.05, 4.69) is 48.7 Å². The van der Waals surface area contributed by atoms with Gasteiger partial charge in [-0.05, 0) is 49.8 Å². The Hall–Kier alpha value is -1.78. The lowest BCUT2D eigenvalue weighted by molar-refractivity contribution is 0.415. The Balaban J connectivity index is 1.97. The average molecular weight is 335 g/mol. The topological polar surface area (TPSA) is 33.3 Å². The van der Waals surface area contributed by atoms with Gasteiger partial charge in [0.05, 0.1) is 18.2 Å². The second-order valence-corrected chi connectivity index (χ2v) is 5.90. The van der Waals surface area contributed by atoms with Crippen LogP contribution >= 0.6 is 23.8 Å². The molecule has 0 aliphatic heterocycles. The number of hydrogen-bond donors (Lipinski definition) is 2. The molecule has 2 rings (SSSR count). The minimum absolute atomic E-state index is 0.120. The molecule has 0 aliphatic carbocycles. The highest BCUT2D eigenvalue weighted by Gasteiger charge is 2.08. The summed E-state index contributed by atoms with van der Waals surface area (Å²) in [5, 5.41) is 7.48. The van der Waals surface area contributed by atoms with Gasteiger partial charge in [-0.2, -0.15) is 0 Å². The van der Waals surface area contributed by atoms with Crippen LogP contribution < -0.4 is 15.4 Å². The first kappa shape index (κ1) is 16.6. The van der Waals surface area contributed by atoms with Gasteiger partial charge in [-0.25, -0.2) is 0 Å². The summed E-state index contributed by atoms with van der Waals surface area (Å²) in [6.07, 6.45) is 0. The third kappa shape index (κ3) is 4.36. The van der Waals surface area contributed by atoms with Crippen molar-refractivity contribution in [3.05, 3.63) is 58.6 Å². The van der Waals surface area contributed by atoms with Crippen molar-refractivity contribution in [1.82, 2.24) is 5.32 Å². The van der Waals surface area contributed by atoms with E-state index in [9.17, 15) is 0 Å². The minimum atomic E-state index is 0.120. The highest BCUT2D eigenvalue weighted by atomic mass is 35.5. The normalized spacial score (nSPS) is 11.6. The Kier molecular flexibility index (Phi) is 5.63. The molecule has 0 aliphatic rings. The lowest BCUT2D eigenvalue weighted by atomic mass is 10.1. The number of ether oxygens (including phenoxy) is 1. The molecule has 0 radical (unpaired) electrons. The fourth-order valence-electron chi connectivity index (χ4n) is 2.05. The van der Waals surface area contributed by atoms with E-state index >= 15 is 0 Å². The summed E-state index contributed by atoms with van der Waals surface area (Å²) < 4.78 is 5.13. The zero-order valence-electron chi connectivity index (χ0n) is 12.8. The second-order valence-electron chi connectivity index (χ2n) is 5.08. The zero-order valence-corrected chi connectivity index (χ0v) is 14.4. The van der Waals surface area contributed by atoms with Gasteiger partial charge < -0.3 is 15.4 Å². The summed E-state index contributed by atoms with van der Waals surface area (Å²) in [6.45, 7) is 4.14. The molecular formula is C17H19ClN2OS. The van der Waals surface area contributed by atoms with Crippen molar-refractivity contribution in [2.45, 2.75) is 19.9 Å². The van der Waals surface area contributed by atoms with Crippen LogP contribution in [-0.4, -0.2) is 12.2 Å². The summed E-state index contributed by atoms with van der Waals surface area (Å²) in [7, 11) is 1.59. The quantitative estimate of drug-likeness (QED) is 0.794. The molecule has 1 atom stereocenters. The maximum absolute atomic E-state index is 6.10.